The van der Waals surface area contributed by atoms with Gasteiger partial charge in [-0.1, -0.05) is 61.8 Å². The van der Waals surface area contributed by atoms with Gasteiger partial charge in [0.2, 0.25) is 5.91 Å². The zero-order valence-electron chi connectivity index (χ0n) is 16.5. The lowest BCUT2D eigenvalue weighted by molar-refractivity contribution is -0.121. The molecule has 3 nitrogen and oxygen atoms in total. The Balaban J connectivity index is 1.68. The van der Waals surface area contributed by atoms with Gasteiger partial charge < -0.3 is 5.32 Å². The summed E-state index contributed by atoms with van der Waals surface area (Å²) in [7, 11) is 0. The highest BCUT2D eigenvalue weighted by Crippen LogP contribution is 2.29. The van der Waals surface area contributed by atoms with Crippen LogP contribution in [0.5, 0.6) is 0 Å². The van der Waals surface area contributed by atoms with E-state index in [9.17, 15) is 4.79 Å². The van der Waals surface area contributed by atoms with Crippen LogP contribution in [-0.4, -0.2) is 23.9 Å². The van der Waals surface area contributed by atoms with E-state index < -0.39 is 0 Å². The van der Waals surface area contributed by atoms with E-state index >= 15 is 0 Å². The molecule has 1 amide bonds. The van der Waals surface area contributed by atoms with Crippen LogP contribution in [0.2, 0.25) is 5.02 Å². The highest BCUT2D eigenvalue weighted by Gasteiger charge is 2.27. The summed E-state index contributed by atoms with van der Waals surface area (Å²) in [5.41, 5.74) is 4.44. The number of halogens is 1. The zero-order valence-corrected chi connectivity index (χ0v) is 17.2. The Hall–Kier alpha value is -1.84. The molecule has 0 radical (unpaired) electrons. The summed E-state index contributed by atoms with van der Waals surface area (Å²) in [6.07, 6.45) is 1.97. The van der Waals surface area contributed by atoms with Gasteiger partial charge >= 0.3 is 0 Å². The van der Waals surface area contributed by atoms with Crippen LogP contribution in [0.1, 0.15) is 49.3 Å². The summed E-state index contributed by atoms with van der Waals surface area (Å²) >= 11 is 6.31. The number of likely N-dealkylation sites (tertiary alicyclic amines) is 1. The Kier molecular flexibility index (Phi) is 6.56. The smallest absolute Gasteiger partial charge is 0.228 e. The maximum atomic E-state index is 13.0. The second kappa shape index (κ2) is 8.90. The predicted octanol–water partition coefficient (Wildman–Crippen LogP) is 5.62. The number of carbonyl (C=O) groups is 1. The Labute approximate surface area is 167 Å². The number of aryl methyl sites for hydroxylation is 1. The first-order valence-electron chi connectivity index (χ1n) is 9.82. The van der Waals surface area contributed by atoms with Gasteiger partial charge in [0.1, 0.15) is 0 Å². The number of rotatable bonds is 5. The summed E-state index contributed by atoms with van der Waals surface area (Å²) in [5, 5.41) is 4.03. The Bertz CT molecular complexity index is 803. The number of hydrogen-bond acceptors (Lipinski definition) is 2. The van der Waals surface area contributed by atoms with Crippen LogP contribution in [0.3, 0.4) is 0 Å². The van der Waals surface area contributed by atoms with Crippen molar-refractivity contribution >= 4 is 23.2 Å². The SMILES string of the molecule is Cc1cccc(C(C)C)c1NC(=O)[C@H]1CCCN(Cc2ccccc2Cl)C1. The number of anilines is 1. The van der Waals surface area contributed by atoms with E-state index in [1.807, 2.05) is 18.2 Å². The van der Waals surface area contributed by atoms with E-state index in [4.69, 9.17) is 11.6 Å². The third kappa shape index (κ3) is 4.91. The van der Waals surface area contributed by atoms with E-state index in [1.54, 1.807) is 0 Å². The molecule has 1 aliphatic rings. The molecule has 0 saturated carbocycles. The van der Waals surface area contributed by atoms with Crippen molar-refractivity contribution in [1.29, 1.82) is 0 Å². The highest BCUT2D eigenvalue weighted by atomic mass is 35.5. The van der Waals surface area contributed by atoms with Gasteiger partial charge in [0.15, 0.2) is 0 Å². The standard InChI is InChI=1S/C23H29ClN2O/c1-16(2)20-11-6-8-17(3)22(20)25-23(27)19-10-7-13-26(15-19)14-18-9-4-5-12-21(18)24/h4-6,8-9,11-12,16,19H,7,10,13-15H2,1-3H3,(H,25,27)/t19-/m0/s1. The first-order chi connectivity index (χ1) is 13.0. The lowest BCUT2D eigenvalue weighted by atomic mass is 9.94. The normalized spacial score (nSPS) is 17.9. The first kappa shape index (κ1) is 19.9. The summed E-state index contributed by atoms with van der Waals surface area (Å²) in [5.74, 6) is 0.527. The molecule has 1 atom stereocenters. The molecular weight excluding hydrogens is 356 g/mol. The van der Waals surface area contributed by atoms with Crippen molar-refractivity contribution in [3.8, 4) is 0 Å². The number of carbonyl (C=O) groups excluding carboxylic acids is 1. The van der Waals surface area contributed by atoms with Gasteiger partial charge in [0.05, 0.1) is 5.92 Å². The number of para-hydroxylation sites is 1. The molecule has 144 valence electrons. The molecule has 0 spiro atoms. The number of benzene rings is 2. The molecule has 1 saturated heterocycles. The molecule has 2 aromatic carbocycles. The van der Waals surface area contributed by atoms with E-state index in [2.05, 4.69) is 55.3 Å². The van der Waals surface area contributed by atoms with Gasteiger partial charge in [0.25, 0.3) is 0 Å². The fraction of sp³-hybridized carbons (Fsp3) is 0.435. The van der Waals surface area contributed by atoms with Gasteiger partial charge in [-0.2, -0.15) is 0 Å². The van der Waals surface area contributed by atoms with Crippen molar-refractivity contribution in [2.45, 2.75) is 46.1 Å². The van der Waals surface area contributed by atoms with Crippen molar-refractivity contribution in [3.05, 3.63) is 64.2 Å². The summed E-state index contributed by atoms with van der Waals surface area (Å²) in [6, 6.07) is 14.2. The van der Waals surface area contributed by atoms with E-state index in [1.165, 1.54) is 5.56 Å². The van der Waals surface area contributed by atoms with Crippen LogP contribution in [0.25, 0.3) is 0 Å². The van der Waals surface area contributed by atoms with E-state index in [0.717, 1.165) is 54.3 Å². The lowest BCUT2D eigenvalue weighted by Gasteiger charge is -2.32. The minimum atomic E-state index is 0.0147. The van der Waals surface area contributed by atoms with Gasteiger partial charge in [-0.05, 0) is 55.0 Å². The minimum absolute atomic E-state index is 0.0147. The number of piperidine rings is 1. The maximum absolute atomic E-state index is 13.0. The fourth-order valence-electron chi connectivity index (χ4n) is 3.85. The number of hydrogen-bond donors (Lipinski definition) is 1. The Morgan fingerprint density at radius 2 is 2.00 bits per heavy atom. The summed E-state index contributed by atoms with van der Waals surface area (Å²) in [4.78, 5) is 15.3. The van der Waals surface area contributed by atoms with Crippen LogP contribution in [0.15, 0.2) is 42.5 Å². The largest absolute Gasteiger partial charge is 0.325 e. The molecule has 0 bridgehead atoms. The fourth-order valence-corrected chi connectivity index (χ4v) is 4.04. The quantitative estimate of drug-likeness (QED) is 0.725. The molecule has 1 heterocycles. The van der Waals surface area contributed by atoms with Crippen LogP contribution in [0, 0.1) is 12.8 Å². The van der Waals surface area contributed by atoms with Crippen LogP contribution >= 0.6 is 11.6 Å². The maximum Gasteiger partial charge on any atom is 0.228 e. The second-order valence-electron chi connectivity index (χ2n) is 7.85. The van der Waals surface area contributed by atoms with Gasteiger partial charge in [-0.3, -0.25) is 9.69 Å². The Morgan fingerprint density at radius 1 is 1.22 bits per heavy atom. The third-order valence-electron chi connectivity index (χ3n) is 5.40. The number of nitrogens with one attached hydrogen (secondary N) is 1. The third-order valence-corrected chi connectivity index (χ3v) is 5.77. The Morgan fingerprint density at radius 3 is 2.74 bits per heavy atom. The van der Waals surface area contributed by atoms with Gasteiger partial charge in [-0.15, -0.1) is 0 Å². The molecule has 0 aromatic heterocycles. The molecule has 3 rings (SSSR count). The van der Waals surface area contributed by atoms with Gasteiger partial charge in [0, 0.05) is 23.8 Å². The molecule has 0 unspecified atom stereocenters. The average molecular weight is 385 g/mol. The highest BCUT2D eigenvalue weighted by molar-refractivity contribution is 6.31. The molecule has 4 heteroatoms. The molecular formula is C23H29ClN2O. The number of amides is 1. The first-order valence-corrected chi connectivity index (χ1v) is 10.2. The van der Waals surface area contributed by atoms with Crippen molar-refractivity contribution in [1.82, 2.24) is 4.90 Å². The lowest BCUT2D eigenvalue weighted by Crippen LogP contribution is -2.40. The van der Waals surface area contributed by atoms with Crippen molar-refractivity contribution in [2.75, 3.05) is 18.4 Å². The molecule has 27 heavy (non-hydrogen) atoms. The van der Waals surface area contributed by atoms with Gasteiger partial charge in [-0.25, -0.2) is 0 Å². The molecule has 1 N–H and O–H groups in total. The monoisotopic (exact) mass is 384 g/mol. The topological polar surface area (TPSA) is 32.3 Å². The van der Waals surface area contributed by atoms with Crippen molar-refractivity contribution < 1.29 is 4.79 Å². The molecule has 0 aliphatic carbocycles. The minimum Gasteiger partial charge on any atom is -0.325 e. The van der Waals surface area contributed by atoms with Crippen molar-refractivity contribution in [3.63, 3.8) is 0 Å². The zero-order chi connectivity index (χ0) is 19.4. The predicted molar refractivity (Wildman–Crippen MR) is 113 cm³/mol. The summed E-state index contributed by atoms with van der Waals surface area (Å²) in [6.45, 7) is 8.97. The number of nitrogens with zero attached hydrogens (tertiary/aromatic N) is 1. The van der Waals surface area contributed by atoms with Crippen molar-refractivity contribution in [2.24, 2.45) is 5.92 Å². The van der Waals surface area contributed by atoms with E-state index in [0.29, 0.717) is 5.92 Å². The molecule has 1 aliphatic heterocycles. The van der Waals surface area contributed by atoms with Crippen LogP contribution in [0.4, 0.5) is 5.69 Å². The van der Waals surface area contributed by atoms with Crippen LogP contribution < -0.4 is 5.32 Å². The summed E-state index contributed by atoms with van der Waals surface area (Å²) < 4.78 is 0. The molecule has 1 fully saturated rings. The van der Waals surface area contributed by atoms with E-state index in [-0.39, 0.29) is 11.8 Å². The molecule has 2 aromatic rings. The average Bonchev–Trinajstić information content (AvgIpc) is 2.65. The van der Waals surface area contributed by atoms with Crippen LogP contribution in [-0.2, 0) is 11.3 Å². The second-order valence-corrected chi connectivity index (χ2v) is 8.26.